The van der Waals surface area contributed by atoms with Gasteiger partial charge in [-0.3, -0.25) is 0 Å². The number of hydrogen-bond acceptors (Lipinski definition) is 12. The van der Waals surface area contributed by atoms with Crippen molar-refractivity contribution in [2.45, 2.75) is 227 Å². The van der Waals surface area contributed by atoms with Crippen LogP contribution in [0, 0.1) is 11.8 Å². The topological polar surface area (TPSA) is 118 Å². The molecule has 13 atom stereocenters. The molecule has 3 saturated carbocycles. The first-order valence-corrected chi connectivity index (χ1v) is 28.6. The van der Waals surface area contributed by atoms with Crippen LogP contribution in [0.5, 0.6) is 0 Å². The Kier molecular flexibility index (Phi) is 19.4. The molecular formula is C46H83B2ClN4O8P2. The number of aliphatic hydroxyl groups is 2. The number of likely N-dealkylation sites (N-methyl/N-ethyl adjacent to an activating group) is 1. The van der Waals surface area contributed by atoms with Crippen LogP contribution < -0.4 is 5.32 Å². The van der Waals surface area contributed by atoms with Crippen LogP contribution in [0.2, 0.25) is 0 Å². The minimum Gasteiger partial charge on any atom is -0.390 e. The summed E-state index contributed by atoms with van der Waals surface area (Å²) in [6.45, 7) is 15.6. The van der Waals surface area contributed by atoms with E-state index in [1.54, 1.807) is 0 Å². The summed E-state index contributed by atoms with van der Waals surface area (Å²) in [6, 6.07) is 1.18. The molecule has 17 heteroatoms. The standard InChI is InChI=1S/C16H27BNO3P.C9H15ClNOP.C9H17NO.C7H13BO2.C5H11NO/c1-3-12-14(11(2)15(17)19-12)20-22-18-10-6-7-13(18)16(21-22)8-4-5-9-16;10-13-11-7-3-4-8(11)9(12-13)5-1-2-6-9;11-9(5-1-2-6-9)8-4-3-7-10-8;1-3-5-6(9)4(2)7(8)10-5;1-6-2-4-7-5-3-6/h11-15H,3-10H2,1-2H3;8H,1-7H2;8,10-11H,1-7H2;4-7,9H,3H2,1-2H3;2-5H2,1H3/t11?,12-,13+,14-,15-,22+;8-,13?;8-;4?,5-,6-,7-;/m1001./s1. The summed E-state index contributed by atoms with van der Waals surface area (Å²) in [4.78, 5) is 2.27. The van der Waals surface area contributed by atoms with Crippen molar-refractivity contribution in [2.24, 2.45) is 11.8 Å². The van der Waals surface area contributed by atoms with Crippen LogP contribution in [0.1, 0.15) is 156 Å². The van der Waals surface area contributed by atoms with Gasteiger partial charge in [-0.15, -0.1) is 0 Å². The summed E-state index contributed by atoms with van der Waals surface area (Å²) in [5.41, 5.74) is -0.0603. The summed E-state index contributed by atoms with van der Waals surface area (Å²) < 4.78 is 40.3. The third-order valence-electron chi connectivity index (χ3n) is 16.4. The van der Waals surface area contributed by atoms with Gasteiger partial charge >= 0.3 is 0 Å². The number of hydrogen-bond donors (Lipinski definition) is 3. The lowest BCUT2D eigenvalue weighted by atomic mass is 9.86. The maximum absolute atomic E-state index is 10.1. The number of morpholine rings is 1. The molecule has 0 aromatic rings. The number of ether oxygens (including phenoxy) is 3. The quantitative estimate of drug-likeness (QED) is 0.184. The predicted molar refractivity (Wildman–Crippen MR) is 255 cm³/mol. The average Bonchev–Trinajstić information content (AvgIpc) is 4.13. The molecule has 3 N–H and O–H groups in total. The molecule has 0 amide bonds. The first-order chi connectivity index (χ1) is 30.3. The van der Waals surface area contributed by atoms with E-state index in [1.807, 2.05) is 13.8 Å². The molecule has 0 bridgehead atoms. The smallest absolute Gasteiger partial charge is 0.260 e. The van der Waals surface area contributed by atoms with Gasteiger partial charge < -0.3 is 48.2 Å². The number of halogens is 1. The molecular weight excluding hydrogens is 856 g/mol. The second-order valence-corrected chi connectivity index (χ2v) is 24.0. The Morgan fingerprint density at radius 3 is 1.76 bits per heavy atom. The monoisotopic (exact) mass is 939 g/mol. The van der Waals surface area contributed by atoms with E-state index in [9.17, 15) is 10.2 Å². The lowest BCUT2D eigenvalue weighted by molar-refractivity contribution is 0.0144. The molecule has 3 unspecified atom stereocenters. The predicted octanol–water partition coefficient (Wildman–Crippen LogP) is 7.88. The van der Waals surface area contributed by atoms with E-state index in [-0.39, 0.29) is 65.1 Å². The molecule has 11 rings (SSSR count). The van der Waals surface area contributed by atoms with E-state index in [0.717, 1.165) is 65.1 Å². The summed E-state index contributed by atoms with van der Waals surface area (Å²) in [7, 11) is 12.1. The lowest BCUT2D eigenvalue weighted by Crippen LogP contribution is -2.45. The third kappa shape index (κ3) is 12.0. The van der Waals surface area contributed by atoms with Gasteiger partial charge in [-0.2, -0.15) is 0 Å². The van der Waals surface area contributed by atoms with Crippen molar-refractivity contribution in [3.05, 3.63) is 0 Å². The molecule has 0 aromatic heterocycles. The summed E-state index contributed by atoms with van der Waals surface area (Å²) in [6.07, 6.45) is 23.8. The van der Waals surface area contributed by atoms with E-state index in [2.05, 4.69) is 40.5 Å². The highest BCUT2D eigenvalue weighted by Crippen LogP contribution is 2.66. The van der Waals surface area contributed by atoms with Crippen LogP contribution in [-0.4, -0.2) is 164 Å². The number of nitrogens with zero attached hydrogens (tertiary/aromatic N) is 3. The Morgan fingerprint density at radius 1 is 0.714 bits per heavy atom. The van der Waals surface area contributed by atoms with Crippen LogP contribution in [0.15, 0.2) is 0 Å². The highest BCUT2D eigenvalue weighted by molar-refractivity contribution is 7.78. The fourth-order valence-electron chi connectivity index (χ4n) is 12.3. The van der Waals surface area contributed by atoms with Gasteiger partial charge in [0.25, 0.3) is 8.53 Å². The Labute approximate surface area is 391 Å². The van der Waals surface area contributed by atoms with E-state index in [4.69, 9.17) is 54.7 Å². The van der Waals surface area contributed by atoms with Crippen LogP contribution in [0.3, 0.4) is 0 Å². The van der Waals surface area contributed by atoms with Crippen molar-refractivity contribution >= 4 is 43.1 Å². The normalized spacial score (nSPS) is 42.3. The van der Waals surface area contributed by atoms with Gasteiger partial charge in [0.2, 0.25) is 7.65 Å². The second-order valence-electron chi connectivity index (χ2n) is 20.6. The van der Waals surface area contributed by atoms with Gasteiger partial charge in [-0.05, 0) is 115 Å². The highest BCUT2D eigenvalue weighted by Gasteiger charge is 2.59. The van der Waals surface area contributed by atoms with E-state index >= 15 is 0 Å². The van der Waals surface area contributed by atoms with E-state index < -0.39 is 16.2 Å². The lowest BCUT2D eigenvalue weighted by Gasteiger charge is -2.29. The van der Waals surface area contributed by atoms with Crippen LogP contribution in [0.25, 0.3) is 0 Å². The molecule has 358 valence electrons. The Hall–Kier alpha value is 0.800. The van der Waals surface area contributed by atoms with Gasteiger partial charge in [0, 0.05) is 68.1 Å². The molecule has 8 heterocycles. The Morgan fingerprint density at radius 2 is 1.25 bits per heavy atom. The molecule has 0 aromatic carbocycles. The van der Waals surface area contributed by atoms with Gasteiger partial charge in [0.1, 0.15) is 15.7 Å². The summed E-state index contributed by atoms with van der Waals surface area (Å²) >= 11 is 6.25. The van der Waals surface area contributed by atoms with Crippen molar-refractivity contribution in [3.63, 3.8) is 0 Å². The van der Waals surface area contributed by atoms with Crippen molar-refractivity contribution in [3.8, 4) is 0 Å². The Bertz CT molecular complexity index is 1380. The molecule has 8 saturated heterocycles. The zero-order valence-corrected chi connectivity index (χ0v) is 42.1. The Balaban J connectivity index is 0.000000125. The van der Waals surface area contributed by atoms with Crippen molar-refractivity contribution in [2.75, 3.05) is 53.0 Å². The van der Waals surface area contributed by atoms with Crippen molar-refractivity contribution in [1.29, 1.82) is 0 Å². The molecule has 4 radical (unpaired) electrons. The largest absolute Gasteiger partial charge is 0.390 e. The third-order valence-corrected chi connectivity index (χ3v) is 20.5. The molecule has 2 spiro atoms. The van der Waals surface area contributed by atoms with Gasteiger partial charge in [-0.25, -0.2) is 9.34 Å². The molecule has 63 heavy (non-hydrogen) atoms. The first kappa shape index (κ1) is 51.6. The van der Waals surface area contributed by atoms with E-state index in [0.29, 0.717) is 18.1 Å². The maximum Gasteiger partial charge on any atom is 0.260 e. The number of nitrogens with one attached hydrogen (secondary N) is 1. The van der Waals surface area contributed by atoms with Crippen molar-refractivity contribution < 1.29 is 38.0 Å². The fraction of sp³-hybridized carbons (Fsp3) is 1.00. The number of aliphatic hydroxyl groups excluding tert-OH is 1. The zero-order chi connectivity index (χ0) is 44.8. The highest BCUT2D eigenvalue weighted by atomic mass is 35.7. The SMILES string of the molecule is CN1CCOCC1.ClP1OC2(CCCC2)[C@@H]2CCCN21.OC1([C@@H]2CCCN2)CCCC1.[B][C@@H]1O[C@H](CC)[C@H](O)C1C.[B][C@@H]1O[C@H](CC)[C@H](O[P@@]2OC3(CCCC3)[C@@H]3CCCN32)C1C. The number of fused-ring (bicyclic) bond motifs is 4. The fourth-order valence-corrected chi connectivity index (χ4v) is 17.1. The maximum atomic E-state index is 10.1. The average molecular weight is 939 g/mol. The van der Waals surface area contributed by atoms with Gasteiger partial charge in [0.15, 0.2) is 0 Å². The molecule has 12 nitrogen and oxygen atoms in total. The number of rotatable bonds is 5. The van der Waals surface area contributed by atoms with Crippen molar-refractivity contribution in [1.82, 2.24) is 19.6 Å². The summed E-state index contributed by atoms with van der Waals surface area (Å²) in [5.74, 6) is 0.308. The molecule has 11 fully saturated rings. The minimum absolute atomic E-state index is 0.0509. The van der Waals surface area contributed by atoms with E-state index in [1.165, 1.54) is 109 Å². The molecule has 3 aliphatic carbocycles. The summed E-state index contributed by atoms with van der Waals surface area (Å²) in [5, 5.41) is 22.9. The van der Waals surface area contributed by atoms with Crippen LogP contribution >= 0.6 is 27.4 Å². The second kappa shape index (κ2) is 23.6. The first-order valence-electron chi connectivity index (χ1n) is 25.4. The van der Waals surface area contributed by atoms with Gasteiger partial charge in [-0.1, -0.05) is 66.2 Å². The molecule has 8 aliphatic heterocycles. The van der Waals surface area contributed by atoms with Crippen LogP contribution in [0.4, 0.5) is 0 Å². The minimum atomic E-state index is -0.936. The molecule has 11 aliphatic rings. The van der Waals surface area contributed by atoms with Gasteiger partial charge in [0.05, 0.1) is 54.4 Å². The zero-order valence-electron chi connectivity index (χ0n) is 39.6. The van der Waals surface area contributed by atoms with Crippen LogP contribution in [-0.2, 0) is 27.8 Å².